The number of aromatic nitrogens is 4. The molecule has 0 fully saturated rings. The Morgan fingerprint density at radius 1 is 1.06 bits per heavy atom. The lowest BCUT2D eigenvalue weighted by Crippen LogP contribution is -2.07. The van der Waals surface area contributed by atoms with Crippen molar-refractivity contribution in [3.8, 4) is 17.0 Å². The lowest BCUT2D eigenvalue weighted by molar-refractivity contribution is 0.183. The number of pyridine rings is 2. The summed E-state index contributed by atoms with van der Waals surface area (Å²) >= 11 is 0. The summed E-state index contributed by atoms with van der Waals surface area (Å²) in [5, 5.41) is 9.02. The lowest BCUT2D eigenvalue weighted by atomic mass is 10.0. The molecule has 7 heteroatoms. The minimum atomic E-state index is 0.111. The van der Waals surface area contributed by atoms with Gasteiger partial charge in [-0.05, 0) is 37.1 Å². The Bertz CT molecular complexity index is 1140. The number of anilines is 1. The van der Waals surface area contributed by atoms with Gasteiger partial charge in [-0.15, -0.1) is 0 Å². The fraction of sp³-hybridized carbons (Fsp3) is 0.292. The van der Waals surface area contributed by atoms with Gasteiger partial charge in [0.15, 0.2) is 0 Å². The minimum Gasteiger partial charge on any atom is -0.475 e. The van der Waals surface area contributed by atoms with E-state index in [2.05, 4.69) is 26.4 Å². The molecule has 0 amide bonds. The average molecular weight is 418 g/mol. The van der Waals surface area contributed by atoms with Gasteiger partial charge in [0.25, 0.3) is 0 Å². The molecule has 3 aromatic heterocycles. The van der Waals surface area contributed by atoms with Crippen molar-refractivity contribution in [1.82, 2.24) is 19.7 Å². The number of hydrogen-bond donors (Lipinski definition) is 1. The summed E-state index contributed by atoms with van der Waals surface area (Å²) in [4.78, 5) is 9.01. The molecule has 0 saturated carbocycles. The van der Waals surface area contributed by atoms with Gasteiger partial charge < -0.3 is 14.8 Å². The molecule has 31 heavy (non-hydrogen) atoms. The Morgan fingerprint density at radius 3 is 2.74 bits per heavy atom. The van der Waals surface area contributed by atoms with E-state index in [1.807, 2.05) is 73.6 Å². The Labute approximate surface area is 182 Å². The molecule has 3 heterocycles. The topological polar surface area (TPSA) is 74.1 Å². The molecule has 0 unspecified atom stereocenters. The molecule has 4 rings (SSSR count). The van der Waals surface area contributed by atoms with Crippen molar-refractivity contribution in [1.29, 1.82) is 0 Å². The van der Waals surface area contributed by atoms with Gasteiger partial charge in [-0.3, -0.25) is 9.67 Å². The predicted octanol–water partition coefficient (Wildman–Crippen LogP) is 4.54. The molecule has 0 aliphatic heterocycles. The van der Waals surface area contributed by atoms with E-state index in [0.29, 0.717) is 19.0 Å². The van der Waals surface area contributed by atoms with Gasteiger partial charge in [-0.25, -0.2) is 4.98 Å². The van der Waals surface area contributed by atoms with Crippen molar-refractivity contribution in [3.63, 3.8) is 0 Å². The second-order valence-electron chi connectivity index (χ2n) is 7.57. The highest BCUT2D eigenvalue weighted by molar-refractivity contribution is 6.00. The fourth-order valence-electron chi connectivity index (χ4n) is 3.40. The molecule has 7 nitrogen and oxygen atoms in total. The number of rotatable bonds is 9. The van der Waals surface area contributed by atoms with Gasteiger partial charge in [-0.2, -0.15) is 5.10 Å². The van der Waals surface area contributed by atoms with E-state index < -0.39 is 0 Å². The van der Waals surface area contributed by atoms with Crippen LogP contribution >= 0.6 is 0 Å². The third-order valence-corrected chi connectivity index (χ3v) is 4.88. The number of hydrogen-bond acceptors (Lipinski definition) is 6. The van der Waals surface area contributed by atoms with Crippen LogP contribution in [0.2, 0.25) is 0 Å². The number of methoxy groups -OCH3 is 1. The maximum absolute atomic E-state index is 5.61. The van der Waals surface area contributed by atoms with E-state index in [1.165, 1.54) is 0 Å². The number of ether oxygens (including phenoxy) is 2. The Morgan fingerprint density at radius 2 is 1.97 bits per heavy atom. The molecule has 160 valence electrons. The van der Waals surface area contributed by atoms with Crippen LogP contribution in [0.1, 0.15) is 19.4 Å². The number of nitrogens with zero attached hydrogens (tertiary/aromatic N) is 4. The van der Waals surface area contributed by atoms with Crippen molar-refractivity contribution < 1.29 is 9.47 Å². The summed E-state index contributed by atoms with van der Waals surface area (Å²) in [5.41, 5.74) is 5.15. The summed E-state index contributed by atoms with van der Waals surface area (Å²) < 4.78 is 12.7. The second kappa shape index (κ2) is 9.57. The Kier molecular flexibility index (Phi) is 6.43. The maximum atomic E-state index is 5.61. The van der Waals surface area contributed by atoms with Gasteiger partial charge in [0, 0.05) is 49.3 Å². The van der Waals surface area contributed by atoms with Gasteiger partial charge in [0.2, 0.25) is 5.88 Å². The van der Waals surface area contributed by atoms with Crippen molar-refractivity contribution in [2.24, 2.45) is 0 Å². The molecule has 4 aromatic rings. The molecule has 1 N–H and O–H groups in total. The SMILES string of the molecule is COCCn1cc(-c2ccnc3c(NCc4ccc(OC(C)C)nc4)cccc23)cn1. The second-order valence-corrected chi connectivity index (χ2v) is 7.57. The molecule has 0 saturated heterocycles. The highest BCUT2D eigenvalue weighted by Crippen LogP contribution is 2.31. The van der Waals surface area contributed by atoms with E-state index in [0.717, 1.165) is 39.8 Å². The zero-order valence-electron chi connectivity index (χ0n) is 18.1. The number of nitrogens with one attached hydrogen (secondary N) is 1. The molecule has 0 spiro atoms. The molecule has 0 aliphatic rings. The van der Waals surface area contributed by atoms with Crippen LogP contribution in [0.25, 0.3) is 22.0 Å². The van der Waals surface area contributed by atoms with Crippen LogP contribution in [0.4, 0.5) is 5.69 Å². The Hall–Kier alpha value is -3.45. The quantitative estimate of drug-likeness (QED) is 0.431. The van der Waals surface area contributed by atoms with E-state index in [1.54, 1.807) is 7.11 Å². The van der Waals surface area contributed by atoms with Crippen LogP contribution in [0, 0.1) is 0 Å². The lowest BCUT2D eigenvalue weighted by Gasteiger charge is -2.12. The largest absolute Gasteiger partial charge is 0.475 e. The minimum absolute atomic E-state index is 0.111. The standard InChI is InChI=1S/C24H27N5O2/c1-17(2)31-23-8-7-18(14-27-23)13-26-22-6-4-5-21-20(9-10-25-24(21)22)19-15-28-29(16-19)11-12-30-3/h4-10,14-17,26H,11-13H2,1-3H3. The zero-order chi connectivity index (χ0) is 21.6. The zero-order valence-corrected chi connectivity index (χ0v) is 18.1. The molecular formula is C24H27N5O2. The Balaban J connectivity index is 1.54. The van der Waals surface area contributed by atoms with Crippen molar-refractivity contribution in [2.75, 3.05) is 19.0 Å². The van der Waals surface area contributed by atoms with Gasteiger partial charge in [0.05, 0.1) is 36.7 Å². The highest BCUT2D eigenvalue weighted by atomic mass is 16.5. The summed E-state index contributed by atoms with van der Waals surface area (Å²) in [6.45, 7) is 5.98. The number of fused-ring (bicyclic) bond motifs is 1. The van der Waals surface area contributed by atoms with Gasteiger partial charge in [0.1, 0.15) is 0 Å². The third kappa shape index (κ3) is 5.00. The summed E-state index contributed by atoms with van der Waals surface area (Å²) in [6.07, 6.45) is 7.72. The van der Waals surface area contributed by atoms with E-state index in [-0.39, 0.29) is 6.10 Å². The average Bonchev–Trinajstić information content (AvgIpc) is 3.25. The van der Waals surface area contributed by atoms with Crippen LogP contribution in [0.5, 0.6) is 5.88 Å². The monoisotopic (exact) mass is 417 g/mol. The maximum Gasteiger partial charge on any atom is 0.213 e. The smallest absolute Gasteiger partial charge is 0.213 e. The molecular weight excluding hydrogens is 390 g/mol. The first-order valence-corrected chi connectivity index (χ1v) is 10.4. The van der Waals surface area contributed by atoms with Crippen LogP contribution in [0.3, 0.4) is 0 Å². The normalized spacial score (nSPS) is 11.2. The molecule has 0 radical (unpaired) electrons. The van der Waals surface area contributed by atoms with Crippen LogP contribution in [0.15, 0.2) is 61.2 Å². The number of para-hydroxylation sites is 1. The van der Waals surface area contributed by atoms with Gasteiger partial charge >= 0.3 is 0 Å². The van der Waals surface area contributed by atoms with Gasteiger partial charge in [-0.1, -0.05) is 18.2 Å². The summed E-state index contributed by atoms with van der Waals surface area (Å²) in [7, 11) is 1.69. The summed E-state index contributed by atoms with van der Waals surface area (Å²) in [6, 6.07) is 12.1. The van der Waals surface area contributed by atoms with E-state index in [4.69, 9.17) is 9.47 Å². The number of benzene rings is 1. The highest BCUT2D eigenvalue weighted by Gasteiger charge is 2.10. The third-order valence-electron chi connectivity index (χ3n) is 4.88. The molecule has 0 atom stereocenters. The van der Waals surface area contributed by atoms with Crippen molar-refractivity contribution in [2.45, 2.75) is 33.0 Å². The van der Waals surface area contributed by atoms with Crippen molar-refractivity contribution in [3.05, 3.63) is 66.7 Å². The molecule has 0 aliphatic carbocycles. The van der Waals surface area contributed by atoms with E-state index in [9.17, 15) is 0 Å². The van der Waals surface area contributed by atoms with Crippen LogP contribution in [-0.2, 0) is 17.8 Å². The molecule has 1 aromatic carbocycles. The van der Waals surface area contributed by atoms with Crippen LogP contribution in [-0.4, -0.2) is 39.6 Å². The van der Waals surface area contributed by atoms with Crippen LogP contribution < -0.4 is 10.1 Å². The molecule has 0 bridgehead atoms. The first-order chi connectivity index (χ1) is 15.1. The first-order valence-electron chi connectivity index (χ1n) is 10.4. The predicted molar refractivity (Wildman–Crippen MR) is 122 cm³/mol. The van der Waals surface area contributed by atoms with E-state index >= 15 is 0 Å². The van der Waals surface area contributed by atoms with Crippen molar-refractivity contribution >= 4 is 16.6 Å². The first kappa shape index (κ1) is 20.8. The summed E-state index contributed by atoms with van der Waals surface area (Å²) in [5.74, 6) is 0.640. The fourth-order valence-corrected chi connectivity index (χ4v) is 3.40.